The van der Waals surface area contributed by atoms with Crippen LogP contribution >= 0.6 is 0 Å². The molecule has 10 nitrogen and oxygen atoms in total. The van der Waals surface area contributed by atoms with Gasteiger partial charge in [0.25, 0.3) is 0 Å². The van der Waals surface area contributed by atoms with Gasteiger partial charge in [-0.05, 0) is 102 Å². The Hall–Kier alpha value is -3.28. The number of carbonyl (C=O) groups is 2. The number of amides is 2. The molecule has 3 atom stereocenters. The van der Waals surface area contributed by atoms with E-state index in [0.717, 1.165) is 37.3 Å². The molecule has 0 aliphatic heterocycles. The Balaban J connectivity index is 1.21. The first kappa shape index (κ1) is 28.3. The maximum Gasteiger partial charge on any atom is 0.442 e. The second kappa shape index (κ2) is 10.6. The number of anilines is 2. The predicted octanol–water partition coefficient (Wildman–Crippen LogP) is 6.20. The average molecular weight is 574 g/mol. The first-order chi connectivity index (χ1) is 18.8. The van der Waals surface area contributed by atoms with E-state index in [1.165, 1.54) is 12.1 Å². The van der Waals surface area contributed by atoms with Crippen molar-refractivity contribution in [2.75, 3.05) is 5.32 Å². The van der Waals surface area contributed by atoms with Crippen LogP contribution in [0.2, 0.25) is 0 Å². The van der Waals surface area contributed by atoms with E-state index < -0.39 is 27.2 Å². The molecule has 5 rings (SSSR count). The average Bonchev–Trinajstić information content (AvgIpc) is 3.79. The van der Waals surface area contributed by atoms with Crippen molar-refractivity contribution in [3.63, 3.8) is 0 Å². The molecule has 2 amide bonds. The summed E-state index contributed by atoms with van der Waals surface area (Å²) in [6.07, 6.45) is 7.54. The summed E-state index contributed by atoms with van der Waals surface area (Å²) < 4.78 is 43.5. The number of nitrogens with zero attached hydrogens (tertiary/aromatic N) is 3. The summed E-state index contributed by atoms with van der Waals surface area (Å²) in [4.78, 5) is 33.2. The number of hydrogen-bond donors (Lipinski definition) is 2. The van der Waals surface area contributed by atoms with Gasteiger partial charge < -0.3 is 20.1 Å². The fraction of sp³-hybridized carbons (Fsp3) is 0.571. The minimum atomic E-state index is -3.17. The molecule has 3 saturated carbocycles. The molecule has 3 aliphatic rings. The quantitative estimate of drug-likeness (QED) is 0.400. The van der Waals surface area contributed by atoms with Gasteiger partial charge in [-0.2, -0.15) is 0 Å². The van der Waals surface area contributed by atoms with Crippen LogP contribution in [0.3, 0.4) is 0 Å². The molecular weight excluding hydrogens is 537 g/mol. The Morgan fingerprint density at radius 2 is 1.82 bits per heavy atom. The van der Waals surface area contributed by atoms with Crippen LogP contribution in [-0.4, -0.2) is 48.9 Å². The number of rotatable bonds is 7. The standard InChI is InChI=1S/C28H36FN5O5S/c1-27(2,3)39-26(36)34-40(37,20-7-8-20)21-9-10-23(22(29)14-21)32-24-30-15-18(16-31-24)17-5-6-19(13-17)38-25(35)33-28(4)11-12-28/h9-10,14-17,19-20H,5-8,11-13H2,1-4H3,(H,33,35)(H,30,31,32)/t17?,19?,40-/m0/s1. The van der Waals surface area contributed by atoms with Gasteiger partial charge in [0.1, 0.15) is 17.5 Å². The summed E-state index contributed by atoms with van der Waals surface area (Å²) in [6, 6.07) is 4.09. The zero-order valence-electron chi connectivity index (χ0n) is 23.2. The normalized spacial score (nSPS) is 23.0. The second-order valence-electron chi connectivity index (χ2n) is 12.2. The zero-order valence-corrected chi connectivity index (χ0v) is 24.1. The zero-order chi connectivity index (χ0) is 28.7. The molecule has 0 radical (unpaired) electrons. The molecule has 216 valence electrons. The molecule has 2 unspecified atom stereocenters. The molecule has 2 aromatic rings. The smallest absolute Gasteiger partial charge is 0.442 e. The van der Waals surface area contributed by atoms with Crippen LogP contribution in [0.5, 0.6) is 0 Å². The maximum absolute atomic E-state index is 15.1. The van der Waals surface area contributed by atoms with Crippen LogP contribution in [0.15, 0.2) is 39.9 Å². The van der Waals surface area contributed by atoms with Crippen LogP contribution in [0, 0.1) is 5.82 Å². The second-order valence-corrected chi connectivity index (χ2v) is 14.6. The van der Waals surface area contributed by atoms with Crippen molar-refractivity contribution in [1.29, 1.82) is 0 Å². The monoisotopic (exact) mass is 573 g/mol. The first-order valence-electron chi connectivity index (χ1n) is 13.7. The van der Waals surface area contributed by atoms with E-state index in [-0.39, 0.29) is 45.4 Å². The lowest BCUT2D eigenvalue weighted by Crippen LogP contribution is -2.36. The van der Waals surface area contributed by atoms with Crippen molar-refractivity contribution >= 4 is 33.6 Å². The largest absolute Gasteiger partial charge is 0.446 e. The minimum Gasteiger partial charge on any atom is -0.446 e. The van der Waals surface area contributed by atoms with Crippen molar-refractivity contribution < 1.29 is 27.7 Å². The number of nitrogens with one attached hydrogen (secondary N) is 2. The first-order valence-corrected chi connectivity index (χ1v) is 15.3. The highest BCUT2D eigenvalue weighted by Gasteiger charge is 2.40. The molecule has 0 spiro atoms. The van der Waals surface area contributed by atoms with E-state index >= 15 is 4.39 Å². The Morgan fingerprint density at radius 1 is 1.12 bits per heavy atom. The van der Waals surface area contributed by atoms with Gasteiger partial charge in [-0.1, -0.05) is 0 Å². The summed E-state index contributed by atoms with van der Waals surface area (Å²) in [7, 11) is -3.17. The summed E-state index contributed by atoms with van der Waals surface area (Å²) in [5, 5.41) is 5.46. The number of carbonyl (C=O) groups excluding carboxylic acids is 2. The fourth-order valence-electron chi connectivity index (χ4n) is 4.70. The third-order valence-corrected chi connectivity index (χ3v) is 10.0. The Kier molecular flexibility index (Phi) is 7.49. The molecule has 1 aromatic heterocycles. The van der Waals surface area contributed by atoms with Crippen molar-refractivity contribution in [3.05, 3.63) is 42.0 Å². The Morgan fingerprint density at radius 3 is 2.42 bits per heavy atom. The number of halogens is 1. The molecule has 3 aliphatic carbocycles. The number of hydrogen-bond acceptors (Lipinski definition) is 8. The topological polar surface area (TPSA) is 132 Å². The Labute approximate surface area is 234 Å². The third-order valence-electron chi connectivity index (χ3n) is 7.31. The highest BCUT2D eigenvalue weighted by molar-refractivity contribution is 7.94. The van der Waals surface area contributed by atoms with Crippen LogP contribution in [-0.2, 0) is 19.2 Å². The number of alkyl carbamates (subject to hydrolysis) is 1. The third kappa shape index (κ3) is 6.89. The highest BCUT2D eigenvalue weighted by atomic mass is 32.2. The summed E-state index contributed by atoms with van der Waals surface area (Å²) in [6.45, 7) is 7.10. The molecule has 0 bridgehead atoms. The number of aromatic nitrogens is 2. The lowest BCUT2D eigenvalue weighted by molar-refractivity contribution is 0.0607. The van der Waals surface area contributed by atoms with E-state index in [4.69, 9.17) is 9.47 Å². The van der Waals surface area contributed by atoms with E-state index in [1.807, 2.05) is 6.92 Å². The van der Waals surface area contributed by atoms with Gasteiger partial charge in [0, 0.05) is 23.2 Å². The van der Waals surface area contributed by atoms with Gasteiger partial charge in [0.15, 0.2) is 0 Å². The van der Waals surface area contributed by atoms with Crippen molar-refractivity contribution in [3.8, 4) is 0 Å². The van der Waals surface area contributed by atoms with Crippen LogP contribution < -0.4 is 10.6 Å². The molecule has 3 fully saturated rings. The number of benzene rings is 1. The van der Waals surface area contributed by atoms with E-state index in [1.54, 1.807) is 33.2 Å². The van der Waals surface area contributed by atoms with E-state index in [9.17, 15) is 13.8 Å². The SMILES string of the molecule is CC1(NC(=O)OC2CCC(c3cnc(Nc4ccc([S@](=O)(=NC(=O)OC(C)(C)C)C5CC5)cc4F)nc3)C2)CC1. The van der Waals surface area contributed by atoms with Crippen LogP contribution in [0.4, 0.5) is 25.6 Å². The summed E-state index contributed by atoms with van der Waals surface area (Å²) in [5.74, 6) is -0.282. The predicted molar refractivity (Wildman–Crippen MR) is 147 cm³/mol. The molecular formula is C28H36FN5O5S. The van der Waals surface area contributed by atoms with Gasteiger partial charge in [0.05, 0.1) is 20.3 Å². The lowest BCUT2D eigenvalue weighted by Gasteiger charge is -2.18. The highest BCUT2D eigenvalue weighted by Crippen LogP contribution is 2.38. The molecule has 1 heterocycles. The van der Waals surface area contributed by atoms with Crippen molar-refractivity contribution in [1.82, 2.24) is 15.3 Å². The molecule has 2 N–H and O–H groups in total. The maximum atomic E-state index is 15.1. The van der Waals surface area contributed by atoms with Crippen molar-refractivity contribution in [2.45, 2.75) is 106 Å². The minimum absolute atomic E-state index is 0.107. The van der Waals surface area contributed by atoms with E-state index in [2.05, 4.69) is 25.0 Å². The van der Waals surface area contributed by atoms with Gasteiger partial charge >= 0.3 is 12.2 Å². The van der Waals surface area contributed by atoms with Gasteiger partial charge in [-0.3, -0.25) is 0 Å². The molecule has 0 saturated heterocycles. The van der Waals surface area contributed by atoms with E-state index in [0.29, 0.717) is 19.3 Å². The van der Waals surface area contributed by atoms with Gasteiger partial charge in [-0.25, -0.2) is 28.2 Å². The Bertz CT molecular complexity index is 1410. The summed E-state index contributed by atoms with van der Waals surface area (Å²) >= 11 is 0. The van der Waals surface area contributed by atoms with Crippen molar-refractivity contribution in [2.24, 2.45) is 4.36 Å². The number of ether oxygens (including phenoxy) is 2. The molecule has 12 heteroatoms. The van der Waals surface area contributed by atoms with Gasteiger partial charge in [0.2, 0.25) is 5.95 Å². The van der Waals surface area contributed by atoms with Gasteiger partial charge in [-0.15, -0.1) is 4.36 Å². The van der Waals surface area contributed by atoms with Crippen LogP contribution in [0.25, 0.3) is 0 Å². The lowest BCUT2D eigenvalue weighted by atomic mass is 10.0. The fourth-order valence-corrected chi connectivity index (χ4v) is 6.91. The van der Waals surface area contributed by atoms with Crippen LogP contribution in [0.1, 0.15) is 84.1 Å². The molecule has 40 heavy (non-hydrogen) atoms. The summed E-state index contributed by atoms with van der Waals surface area (Å²) in [5.41, 5.74) is 0.139. The molecule has 1 aromatic carbocycles.